The van der Waals surface area contributed by atoms with Gasteiger partial charge in [0.2, 0.25) is 0 Å². The quantitative estimate of drug-likeness (QED) is 0.635. The van der Waals surface area contributed by atoms with Gasteiger partial charge in [-0.3, -0.25) is 0 Å². The minimum absolute atomic E-state index is 1.99. The van der Waals surface area contributed by atoms with Crippen LogP contribution in [-0.4, -0.2) is 25.3 Å². The van der Waals surface area contributed by atoms with Gasteiger partial charge in [-0.2, -0.15) is 0 Å². The highest BCUT2D eigenvalue weighted by Crippen LogP contribution is 2.05. The normalized spacial score (nSPS) is 8.57. The summed E-state index contributed by atoms with van der Waals surface area (Å²) < 4.78 is 4.59. The molecule has 0 atom stereocenters. The Labute approximate surface area is 67.7 Å². The van der Waals surface area contributed by atoms with Gasteiger partial charge in [0.1, 0.15) is 0 Å². The number of halogens is 4. The monoisotopic (exact) mass is 210 g/mol. The Kier molecular flexibility index (Phi) is 6.57. The lowest BCUT2D eigenvalue weighted by Gasteiger charge is -1.94. The van der Waals surface area contributed by atoms with Crippen LogP contribution < -0.4 is 0 Å². The van der Waals surface area contributed by atoms with Crippen molar-refractivity contribution in [2.45, 2.75) is 0 Å². The van der Waals surface area contributed by atoms with Crippen LogP contribution in [0.15, 0.2) is 0 Å². The molecule has 0 aliphatic carbocycles. The third-order valence-electron chi connectivity index (χ3n) is 0.206. The maximum absolute atomic E-state index is 5.22. The van der Waals surface area contributed by atoms with Crippen molar-refractivity contribution < 1.29 is 2.84 Å². The first kappa shape index (κ1) is 9.18. The predicted molar refractivity (Wildman–Crippen MR) is 36.0 cm³/mol. The Balaban J connectivity index is 2.95. The number of rotatable bonds is 2. The Morgan fingerprint density at radius 3 is 1.14 bits per heavy atom. The average Bonchev–Trinajstić information content (AvgIpc) is 1.27. The van der Waals surface area contributed by atoms with E-state index >= 15 is 0 Å². The van der Waals surface area contributed by atoms with Crippen LogP contribution in [0, 0.1) is 0 Å². The summed E-state index contributed by atoms with van der Waals surface area (Å²) >= 11 is -3.97. The molecule has 0 fully saturated rings. The molecule has 0 spiro atoms. The molecule has 0 saturated carbocycles. The minimum Gasteiger partial charge on any atom is -0.588 e. The van der Waals surface area contributed by atoms with E-state index in [1.165, 1.54) is 0 Å². The highest BCUT2D eigenvalue weighted by Gasteiger charge is 2.23. The second-order valence-corrected chi connectivity index (χ2v) is 8.89. The third kappa shape index (κ3) is 8.18. The Morgan fingerprint density at radius 2 is 1.14 bits per heavy atom. The average molecular weight is 212 g/mol. The van der Waals surface area contributed by atoms with Crippen molar-refractivity contribution in [1.82, 2.24) is 0 Å². The van der Waals surface area contributed by atoms with E-state index in [2.05, 4.69) is 2.84 Å². The summed E-state index contributed by atoms with van der Waals surface area (Å²) in [4.78, 5) is 0. The number of hydrogen-bond donors (Lipinski definition) is 0. The second kappa shape index (κ2) is 5.01. The van der Waals surface area contributed by atoms with Crippen molar-refractivity contribution in [2.24, 2.45) is 0 Å². The molecular formula is Al2Cl4O. The van der Waals surface area contributed by atoms with Crippen molar-refractivity contribution in [3.63, 3.8) is 0 Å². The number of hydrogen-bond acceptors (Lipinski definition) is 1. The maximum atomic E-state index is 5.22. The highest BCUT2D eigenvalue weighted by molar-refractivity contribution is 7.38. The summed E-state index contributed by atoms with van der Waals surface area (Å²) in [6, 6.07) is 0. The third-order valence-corrected chi connectivity index (χ3v) is 5.55. The lowest BCUT2D eigenvalue weighted by atomic mass is 15.8. The molecule has 0 aromatic heterocycles. The van der Waals surface area contributed by atoms with E-state index in [1.54, 1.807) is 0 Å². The van der Waals surface area contributed by atoms with E-state index in [0.29, 0.717) is 0 Å². The molecule has 0 amide bonds. The van der Waals surface area contributed by atoms with Crippen LogP contribution in [0.1, 0.15) is 0 Å². The summed E-state index contributed by atoms with van der Waals surface area (Å²) in [6.07, 6.45) is 0. The van der Waals surface area contributed by atoms with Gasteiger partial charge in [-0.05, 0) is 0 Å². The van der Waals surface area contributed by atoms with Crippen LogP contribution in [0.2, 0.25) is 0 Å². The van der Waals surface area contributed by atoms with E-state index in [4.69, 9.17) is 40.2 Å². The van der Waals surface area contributed by atoms with Crippen molar-refractivity contribution in [2.75, 3.05) is 0 Å². The van der Waals surface area contributed by atoms with Crippen LogP contribution in [0.4, 0.5) is 0 Å². The van der Waals surface area contributed by atoms with E-state index in [0.717, 1.165) is 0 Å². The van der Waals surface area contributed by atoms with Crippen molar-refractivity contribution in [1.29, 1.82) is 0 Å². The lowest BCUT2D eigenvalue weighted by molar-refractivity contribution is 0.661. The molecule has 0 aliphatic heterocycles. The van der Waals surface area contributed by atoms with E-state index < -0.39 is 25.3 Å². The van der Waals surface area contributed by atoms with Crippen LogP contribution in [0.3, 0.4) is 0 Å². The first-order valence-electron chi connectivity index (χ1n) is 1.34. The SMILES string of the molecule is [Cl][Al]([Cl])[O][Al]([Cl])[Cl]. The minimum atomic E-state index is -1.99. The molecule has 1 nitrogen and oxygen atoms in total. The molecule has 0 unspecified atom stereocenters. The molecule has 0 radical (unpaired) electrons. The van der Waals surface area contributed by atoms with E-state index in [9.17, 15) is 0 Å². The maximum Gasteiger partial charge on any atom is 0.696 e. The summed E-state index contributed by atoms with van der Waals surface area (Å²) in [6.45, 7) is 0. The molecule has 0 saturated heterocycles. The fourth-order valence-electron chi connectivity index (χ4n) is 0.0778. The molecule has 7 heavy (non-hydrogen) atoms. The summed E-state index contributed by atoms with van der Waals surface area (Å²) in [5.74, 6) is 0. The Bertz CT molecular complexity index is 39.0. The molecule has 0 N–H and O–H groups in total. The molecule has 0 bridgehead atoms. The van der Waals surface area contributed by atoms with Gasteiger partial charge in [0, 0.05) is 0 Å². The van der Waals surface area contributed by atoms with E-state index in [1.807, 2.05) is 0 Å². The molecule has 0 aromatic rings. The fourth-order valence-corrected chi connectivity index (χ4v) is 6.30. The van der Waals surface area contributed by atoms with Gasteiger partial charge in [0.25, 0.3) is 0 Å². The second-order valence-electron chi connectivity index (χ2n) is 0.657. The van der Waals surface area contributed by atoms with Crippen molar-refractivity contribution in [3.05, 3.63) is 0 Å². The molecule has 7 heteroatoms. The Morgan fingerprint density at radius 1 is 0.857 bits per heavy atom. The van der Waals surface area contributed by atoms with Gasteiger partial charge in [-0.1, -0.05) is 0 Å². The summed E-state index contributed by atoms with van der Waals surface area (Å²) in [7, 11) is 20.9. The zero-order chi connectivity index (χ0) is 5.86. The van der Waals surface area contributed by atoms with Crippen LogP contribution in [0.5, 0.6) is 0 Å². The van der Waals surface area contributed by atoms with Crippen molar-refractivity contribution in [3.8, 4) is 0 Å². The van der Waals surface area contributed by atoms with Gasteiger partial charge in [0.05, 0.1) is 0 Å². The summed E-state index contributed by atoms with van der Waals surface area (Å²) in [5.41, 5.74) is 0. The largest absolute Gasteiger partial charge is 0.696 e. The molecule has 0 aliphatic rings. The van der Waals surface area contributed by atoms with Crippen LogP contribution >= 0.6 is 40.2 Å². The summed E-state index contributed by atoms with van der Waals surface area (Å²) in [5, 5.41) is 0. The predicted octanol–water partition coefficient (Wildman–Crippen LogP) is 1.93. The van der Waals surface area contributed by atoms with Gasteiger partial charge in [-0.25, -0.2) is 40.2 Å². The van der Waals surface area contributed by atoms with Gasteiger partial charge >= 0.3 is 25.3 Å². The molecular weight excluding hydrogens is 212 g/mol. The first-order valence-corrected chi connectivity index (χ1v) is 9.27. The first-order chi connectivity index (χ1) is 3.13. The fraction of sp³-hybridized carbons (Fsp3) is 0. The van der Waals surface area contributed by atoms with Crippen LogP contribution in [0.25, 0.3) is 0 Å². The molecule has 0 heterocycles. The smallest absolute Gasteiger partial charge is 0.588 e. The van der Waals surface area contributed by atoms with Gasteiger partial charge in [0.15, 0.2) is 0 Å². The standard InChI is InChI=1S/2Al.4ClH.O/h;;4*1H;/q2*+2;;;;;/p-4. The molecule has 0 aromatic carbocycles. The van der Waals surface area contributed by atoms with Gasteiger partial charge < -0.3 is 2.84 Å². The topological polar surface area (TPSA) is 9.23 Å². The molecule has 0 rings (SSSR count). The highest BCUT2D eigenvalue weighted by atomic mass is 35.7. The van der Waals surface area contributed by atoms with Crippen LogP contribution in [-0.2, 0) is 2.84 Å². The zero-order valence-electron chi connectivity index (χ0n) is 3.07. The van der Waals surface area contributed by atoms with Crippen molar-refractivity contribution >= 4 is 65.5 Å². The van der Waals surface area contributed by atoms with Gasteiger partial charge in [-0.15, -0.1) is 0 Å². The zero-order valence-corrected chi connectivity index (χ0v) is 8.41. The van der Waals surface area contributed by atoms with E-state index in [-0.39, 0.29) is 0 Å². The lowest BCUT2D eigenvalue weighted by Crippen LogP contribution is -2.09. The Hall–Kier alpha value is 2.18. The molecule has 40 valence electrons.